The third kappa shape index (κ3) is 5.56. The minimum absolute atomic E-state index is 0.255. The van der Waals surface area contributed by atoms with E-state index in [4.69, 9.17) is 5.73 Å². The second-order valence-electron chi connectivity index (χ2n) is 6.08. The molecular formula is C17H26N4O2. The molecule has 0 bridgehead atoms. The summed E-state index contributed by atoms with van der Waals surface area (Å²) in [7, 11) is 1.98. The molecule has 1 aromatic carbocycles. The van der Waals surface area contributed by atoms with Crippen molar-refractivity contribution in [1.29, 1.82) is 0 Å². The molecule has 6 nitrogen and oxygen atoms in total. The Bertz CT molecular complexity index is 541. The zero-order chi connectivity index (χ0) is 16.7. The van der Waals surface area contributed by atoms with Gasteiger partial charge in [-0.05, 0) is 37.9 Å². The molecule has 3 N–H and O–H groups in total. The lowest BCUT2D eigenvalue weighted by Gasteiger charge is -2.31. The highest BCUT2D eigenvalue weighted by atomic mass is 16.2. The Kier molecular flexibility index (Phi) is 6.40. The first-order chi connectivity index (χ1) is 11.1. The largest absolute Gasteiger partial charge is 0.371 e. The number of nitrogens with zero attached hydrogens (tertiary/aromatic N) is 2. The van der Waals surface area contributed by atoms with Crippen molar-refractivity contribution < 1.29 is 9.59 Å². The summed E-state index contributed by atoms with van der Waals surface area (Å²) in [6, 6.07) is 7.65. The van der Waals surface area contributed by atoms with Crippen molar-refractivity contribution in [3.05, 3.63) is 29.8 Å². The van der Waals surface area contributed by atoms with Crippen LogP contribution in [0.3, 0.4) is 0 Å². The van der Waals surface area contributed by atoms with Gasteiger partial charge in [-0.15, -0.1) is 0 Å². The molecule has 1 aliphatic rings. The molecule has 0 radical (unpaired) electrons. The fourth-order valence-electron chi connectivity index (χ4n) is 2.95. The number of rotatable bonds is 6. The number of carbonyl (C=O) groups excluding carboxylic acids is 2. The van der Waals surface area contributed by atoms with Gasteiger partial charge in [-0.3, -0.25) is 10.1 Å². The number of hydrogen-bond donors (Lipinski definition) is 2. The predicted octanol–water partition coefficient (Wildman–Crippen LogP) is 1.69. The Balaban J connectivity index is 1.91. The van der Waals surface area contributed by atoms with Crippen LogP contribution in [-0.2, 0) is 11.3 Å². The smallest absolute Gasteiger partial charge is 0.318 e. The van der Waals surface area contributed by atoms with E-state index in [1.807, 2.05) is 7.05 Å². The molecule has 0 spiro atoms. The Morgan fingerprint density at radius 2 is 1.91 bits per heavy atom. The Morgan fingerprint density at radius 3 is 2.61 bits per heavy atom. The Labute approximate surface area is 137 Å². The molecule has 1 heterocycles. The van der Waals surface area contributed by atoms with Crippen LogP contribution < -0.4 is 16.0 Å². The van der Waals surface area contributed by atoms with Crippen LogP contribution in [0.2, 0.25) is 0 Å². The molecule has 1 saturated heterocycles. The van der Waals surface area contributed by atoms with E-state index in [-0.39, 0.29) is 12.3 Å². The van der Waals surface area contributed by atoms with E-state index in [2.05, 4.69) is 39.4 Å². The molecule has 0 unspecified atom stereocenters. The van der Waals surface area contributed by atoms with Gasteiger partial charge in [-0.25, -0.2) is 4.79 Å². The van der Waals surface area contributed by atoms with E-state index >= 15 is 0 Å². The number of nitrogens with two attached hydrogens (primary N) is 1. The highest BCUT2D eigenvalue weighted by Crippen LogP contribution is 2.25. The van der Waals surface area contributed by atoms with Crippen molar-refractivity contribution in [2.45, 2.75) is 32.2 Å². The summed E-state index contributed by atoms with van der Waals surface area (Å²) >= 11 is 0. The van der Waals surface area contributed by atoms with Crippen LogP contribution >= 0.6 is 0 Å². The van der Waals surface area contributed by atoms with Gasteiger partial charge in [0.05, 0.1) is 0 Å². The molecule has 0 saturated carbocycles. The summed E-state index contributed by atoms with van der Waals surface area (Å²) in [4.78, 5) is 26.7. The summed E-state index contributed by atoms with van der Waals surface area (Å²) in [5.74, 6) is -0.339. The average Bonchev–Trinajstić information content (AvgIpc) is 2.54. The molecule has 23 heavy (non-hydrogen) atoms. The number of benzene rings is 1. The highest BCUT2D eigenvalue weighted by molar-refractivity contribution is 5.93. The lowest BCUT2D eigenvalue weighted by Crippen LogP contribution is -2.36. The summed E-state index contributed by atoms with van der Waals surface area (Å²) in [6.07, 6.45) is 4.06. The first-order valence-electron chi connectivity index (χ1n) is 8.17. The molecule has 6 heteroatoms. The maximum atomic E-state index is 11.5. The van der Waals surface area contributed by atoms with Crippen molar-refractivity contribution >= 4 is 17.6 Å². The molecule has 3 amide bonds. The molecule has 0 atom stereocenters. The maximum absolute atomic E-state index is 11.5. The van der Waals surface area contributed by atoms with Crippen LogP contribution in [0.4, 0.5) is 10.5 Å². The maximum Gasteiger partial charge on any atom is 0.318 e. The number of primary amides is 1. The summed E-state index contributed by atoms with van der Waals surface area (Å²) < 4.78 is 0. The number of amides is 3. The molecule has 1 fully saturated rings. The van der Waals surface area contributed by atoms with Gasteiger partial charge in [0.1, 0.15) is 0 Å². The van der Waals surface area contributed by atoms with Gasteiger partial charge < -0.3 is 15.5 Å². The Morgan fingerprint density at radius 1 is 1.22 bits per heavy atom. The molecular weight excluding hydrogens is 292 g/mol. The van der Waals surface area contributed by atoms with Crippen LogP contribution in [0.1, 0.15) is 31.2 Å². The number of hydrogen-bond acceptors (Lipinski definition) is 4. The van der Waals surface area contributed by atoms with Gasteiger partial charge in [0.2, 0.25) is 5.91 Å². The third-order valence-electron chi connectivity index (χ3n) is 4.11. The molecule has 1 aromatic rings. The minimum atomic E-state index is -0.798. The molecule has 1 aliphatic heterocycles. The summed E-state index contributed by atoms with van der Waals surface area (Å²) in [6.45, 7) is 3.58. The van der Waals surface area contributed by atoms with Gasteiger partial charge in [0.15, 0.2) is 0 Å². The van der Waals surface area contributed by atoms with E-state index in [1.165, 1.54) is 30.5 Å². The lowest BCUT2D eigenvalue weighted by atomic mass is 10.1. The van der Waals surface area contributed by atoms with E-state index in [1.54, 1.807) is 0 Å². The van der Waals surface area contributed by atoms with Crippen molar-refractivity contribution in [1.82, 2.24) is 10.2 Å². The summed E-state index contributed by atoms with van der Waals surface area (Å²) in [5.41, 5.74) is 7.50. The fourth-order valence-corrected chi connectivity index (χ4v) is 2.95. The van der Waals surface area contributed by atoms with Crippen LogP contribution in [0.25, 0.3) is 0 Å². The van der Waals surface area contributed by atoms with Gasteiger partial charge in [-0.2, -0.15) is 0 Å². The van der Waals surface area contributed by atoms with Gasteiger partial charge in [-0.1, -0.05) is 18.2 Å². The fraction of sp³-hybridized carbons (Fsp3) is 0.529. The quantitative estimate of drug-likeness (QED) is 0.837. The van der Waals surface area contributed by atoms with Gasteiger partial charge in [0, 0.05) is 38.3 Å². The van der Waals surface area contributed by atoms with E-state index in [0.717, 1.165) is 19.6 Å². The van der Waals surface area contributed by atoms with Gasteiger partial charge in [0.25, 0.3) is 0 Å². The molecule has 126 valence electrons. The minimum Gasteiger partial charge on any atom is -0.371 e. The SMILES string of the molecule is CN(CCC(=O)NC(N)=O)Cc1ccccc1N1CCCCC1. The normalized spacial score (nSPS) is 14.8. The number of imide groups is 1. The zero-order valence-electron chi connectivity index (χ0n) is 13.8. The highest BCUT2D eigenvalue weighted by Gasteiger charge is 2.15. The van der Waals surface area contributed by atoms with Crippen LogP contribution in [0.15, 0.2) is 24.3 Å². The van der Waals surface area contributed by atoms with Crippen LogP contribution in [-0.4, -0.2) is 43.5 Å². The number of urea groups is 1. The number of carbonyl (C=O) groups is 2. The number of para-hydroxylation sites is 1. The summed E-state index contributed by atoms with van der Waals surface area (Å²) in [5, 5.41) is 2.09. The third-order valence-corrected chi connectivity index (χ3v) is 4.11. The molecule has 0 aromatic heterocycles. The topological polar surface area (TPSA) is 78.7 Å². The monoisotopic (exact) mass is 318 g/mol. The average molecular weight is 318 g/mol. The zero-order valence-corrected chi connectivity index (χ0v) is 13.8. The number of nitrogens with one attached hydrogen (secondary N) is 1. The Hall–Kier alpha value is -2.08. The van der Waals surface area contributed by atoms with E-state index in [0.29, 0.717) is 6.54 Å². The van der Waals surface area contributed by atoms with Crippen molar-refractivity contribution in [3.63, 3.8) is 0 Å². The van der Waals surface area contributed by atoms with Gasteiger partial charge >= 0.3 is 6.03 Å². The number of piperidine rings is 1. The molecule has 0 aliphatic carbocycles. The lowest BCUT2D eigenvalue weighted by molar-refractivity contribution is -0.120. The van der Waals surface area contributed by atoms with Crippen molar-refractivity contribution in [2.75, 3.05) is 31.6 Å². The molecule has 2 rings (SSSR count). The van der Waals surface area contributed by atoms with Crippen molar-refractivity contribution in [3.8, 4) is 0 Å². The predicted molar refractivity (Wildman–Crippen MR) is 91.2 cm³/mol. The second-order valence-corrected chi connectivity index (χ2v) is 6.08. The first kappa shape index (κ1) is 17.3. The first-order valence-corrected chi connectivity index (χ1v) is 8.17. The van der Waals surface area contributed by atoms with E-state index < -0.39 is 6.03 Å². The van der Waals surface area contributed by atoms with Crippen molar-refractivity contribution in [2.24, 2.45) is 5.73 Å². The van der Waals surface area contributed by atoms with Crippen LogP contribution in [0, 0.1) is 0 Å². The number of anilines is 1. The standard InChI is InChI=1S/C17H26N4O2/c1-20(12-9-16(22)19-17(18)23)13-14-7-3-4-8-15(14)21-10-5-2-6-11-21/h3-4,7-8H,2,5-6,9-13H2,1H3,(H3,18,19,22,23). The van der Waals surface area contributed by atoms with E-state index in [9.17, 15) is 9.59 Å². The second kappa shape index (κ2) is 8.53. The van der Waals surface area contributed by atoms with Crippen LogP contribution in [0.5, 0.6) is 0 Å².